The van der Waals surface area contributed by atoms with Crippen molar-refractivity contribution >= 4 is 5.91 Å². The van der Waals surface area contributed by atoms with Gasteiger partial charge in [-0.3, -0.25) is 4.79 Å². The molecule has 2 aliphatic heterocycles. The lowest BCUT2D eigenvalue weighted by molar-refractivity contribution is 0.0607. The van der Waals surface area contributed by atoms with Crippen LogP contribution < -0.4 is 5.32 Å². The smallest absolute Gasteiger partial charge is 0.255 e. The molecule has 0 radical (unpaired) electrons. The van der Waals surface area contributed by atoms with Crippen LogP contribution in [0.5, 0.6) is 0 Å². The van der Waals surface area contributed by atoms with Gasteiger partial charge in [0, 0.05) is 36.7 Å². The van der Waals surface area contributed by atoms with Crippen LogP contribution in [0.3, 0.4) is 0 Å². The Morgan fingerprint density at radius 2 is 1.80 bits per heavy atom. The summed E-state index contributed by atoms with van der Waals surface area (Å²) in [5.41, 5.74) is 4.56. The maximum Gasteiger partial charge on any atom is 0.255 e. The van der Waals surface area contributed by atoms with E-state index in [1.165, 1.54) is 6.42 Å². The maximum absolute atomic E-state index is 13.1. The second-order valence-electron chi connectivity index (χ2n) is 7.67. The van der Waals surface area contributed by atoms with Crippen LogP contribution in [0.2, 0.25) is 0 Å². The number of carbonyl (C=O) groups is 1. The Labute approximate surface area is 149 Å². The van der Waals surface area contributed by atoms with Crippen molar-refractivity contribution in [1.82, 2.24) is 14.8 Å². The van der Waals surface area contributed by atoms with Crippen LogP contribution in [0.1, 0.15) is 41.0 Å². The number of benzene rings is 1. The Bertz CT molecular complexity index is 762. The van der Waals surface area contributed by atoms with Gasteiger partial charge >= 0.3 is 0 Å². The van der Waals surface area contributed by atoms with E-state index in [9.17, 15) is 4.79 Å². The third kappa shape index (κ3) is 2.89. The summed E-state index contributed by atoms with van der Waals surface area (Å²) in [6.07, 6.45) is 3.52. The number of para-hydroxylation sites is 1. The van der Waals surface area contributed by atoms with Crippen LogP contribution >= 0.6 is 0 Å². The van der Waals surface area contributed by atoms with Crippen molar-refractivity contribution < 1.29 is 4.79 Å². The molecule has 0 bridgehead atoms. The average Bonchev–Trinajstić information content (AvgIpc) is 3.20. The summed E-state index contributed by atoms with van der Waals surface area (Å²) in [7, 11) is 0. The number of rotatable bonds is 2. The van der Waals surface area contributed by atoms with E-state index in [1.807, 2.05) is 24.3 Å². The summed E-state index contributed by atoms with van der Waals surface area (Å²) in [4.78, 5) is 15.2. The highest BCUT2D eigenvalue weighted by molar-refractivity contribution is 5.96. The van der Waals surface area contributed by atoms with Gasteiger partial charge in [0.15, 0.2) is 0 Å². The quantitative estimate of drug-likeness (QED) is 0.913. The minimum absolute atomic E-state index is 0.191. The molecule has 0 saturated carbocycles. The van der Waals surface area contributed by atoms with Gasteiger partial charge in [0.1, 0.15) is 0 Å². The predicted molar refractivity (Wildman–Crippen MR) is 100 cm³/mol. The van der Waals surface area contributed by atoms with Crippen LogP contribution in [-0.4, -0.2) is 41.6 Å². The molecule has 0 unspecified atom stereocenters. The van der Waals surface area contributed by atoms with Crippen molar-refractivity contribution in [2.24, 2.45) is 5.41 Å². The molecule has 1 aromatic carbocycles. The zero-order valence-electron chi connectivity index (χ0n) is 15.2. The molecule has 1 aromatic heterocycles. The monoisotopic (exact) mass is 337 g/mol. The van der Waals surface area contributed by atoms with Crippen LogP contribution in [0.25, 0.3) is 5.69 Å². The molecule has 1 spiro atoms. The predicted octanol–water partition coefficient (Wildman–Crippen LogP) is 3.31. The summed E-state index contributed by atoms with van der Waals surface area (Å²) >= 11 is 0. The summed E-state index contributed by atoms with van der Waals surface area (Å²) in [6, 6.07) is 12.3. The molecule has 3 heterocycles. The molecule has 2 saturated heterocycles. The van der Waals surface area contributed by atoms with E-state index >= 15 is 0 Å². The fourth-order valence-corrected chi connectivity index (χ4v) is 4.53. The molecule has 1 amide bonds. The topological polar surface area (TPSA) is 37.3 Å². The summed E-state index contributed by atoms with van der Waals surface area (Å²) in [5, 5.41) is 3.49. The molecule has 132 valence electrons. The van der Waals surface area contributed by atoms with Crippen LogP contribution in [0, 0.1) is 19.3 Å². The molecular weight excluding hydrogens is 310 g/mol. The van der Waals surface area contributed by atoms with Crippen LogP contribution in [0.15, 0.2) is 36.4 Å². The zero-order valence-corrected chi connectivity index (χ0v) is 15.2. The zero-order chi connectivity index (χ0) is 17.4. The third-order valence-corrected chi connectivity index (χ3v) is 6.12. The molecule has 25 heavy (non-hydrogen) atoms. The lowest BCUT2D eigenvalue weighted by atomic mass is 9.78. The number of hydrogen-bond acceptors (Lipinski definition) is 2. The Morgan fingerprint density at radius 1 is 1.08 bits per heavy atom. The van der Waals surface area contributed by atoms with Gasteiger partial charge in [-0.1, -0.05) is 18.2 Å². The van der Waals surface area contributed by atoms with Gasteiger partial charge in [-0.2, -0.15) is 0 Å². The van der Waals surface area contributed by atoms with Gasteiger partial charge in [-0.25, -0.2) is 0 Å². The minimum atomic E-state index is 0.191. The number of amides is 1. The normalized spacial score (nSPS) is 19.5. The number of hydrogen-bond donors (Lipinski definition) is 1. The molecule has 0 aliphatic carbocycles. The molecule has 2 aromatic rings. The number of aromatic nitrogens is 1. The van der Waals surface area contributed by atoms with Gasteiger partial charge in [0.2, 0.25) is 0 Å². The highest BCUT2D eigenvalue weighted by Crippen LogP contribution is 2.37. The first-order valence-corrected chi connectivity index (χ1v) is 9.34. The molecule has 2 fully saturated rings. The number of piperidine rings is 1. The fraction of sp³-hybridized carbons (Fsp3) is 0.476. The molecule has 2 aliphatic rings. The van der Waals surface area contributed by atoms with E-state index in [0.29, 0.717) is 5.41 Å². The summed E-state index contributed by atoms with van der Waals surface area (Å²) < 4.78 is 2.18. The van der Waals surface area contributed by atoms with E-state index in [2.05, 4.69) is 40.8 Å². The van der Waals surface area contributed by atoms with Gasteiger partial charge in [0.25, 0.3) is 5.91 Å². The first kappa shape index (κ1) is 16.4. The maximum atomic E-state index is 13.1. The first-order chi connectivity index (χ1) is 12.1. The molecular formula is C21H27N3O. The largest absolute Gasteiger partial charge is 0.339 e. The molecule has 0 atom stereocenters. The van der Waals surface area contributed by atoms with Crippen molar-refractivity contribution in [3.05, 3.63) is 53.3 Å². The summed E-state index contributed by atoms with van der Waals surface area (Å²) in [6.45, 7) is 8.15. The SMILES string of the molecule is Cc1cc(C(=O)N2CCC3(CCNC3)CC2)c(C)n1-c1ccccc1. The second kappa shape index (κ2) is 6.34. The molecule has 4 nitrogen and oxygen atoms in total. The number of nitrogens with zero attached hydrogens (tertiary/aromatic N) is 2. The van der Waals surface area contributed by atoms with Crippen molar-refractivity contribution in [2.45, 2.75) is 33.1 Å². The highest BCUT2D eigenvalue weighted by atomic mass is 16.2. The molecule has 1 N–H and O–H groups in total. The Balaban J connectivity index is 1.55. The number of aryl methyl sites for hydroxylation is 1. The number of likely N-dealkylation sites (tertiary alicyclic amines) is 1. The van der Waals surface area contributed by atoms with E-state index in [4.69, 9.17) is 0 Å². The Kier molecular flexibility index (Phi) is 4.16. The lowest BCUT2D eigenvalue weighted by Gasteiger charge is -2.38. The Morgan fingerprint density at radius 3 is 2.44 bits per heavy atom. The van der Waals surface area contributed by atoms with Crippen LogP contribution in [-0.2, 0) is 0 Å². The number of nitrogens with one attached hydrogen (secondary N) is 1. The van der Waals surface area contributed by atoms with Gasteiger partial charge in [-0.15, -0.1) is 0 Å². The lowest BCUT2D eigenvalue weighted by Crippen LogP contribution is -2.44. The van der Waals surface area contributed by atoms with Crippen molar-refractivity contribution in [1.29, 1.82) is 0 Å². The molecule has 4 heteroatoms. The van der Waals surface area contributed by atoms with Crippen LogP contribution in [0.4, 0.5) is 0 Å². The van der Waals surface area contributed by atoms with Crippen molar-refractivity contribution in [3.63, 3.8) is 0 Å². The van der Waals surface area contributed by atoms with Crippen molar-refractivity contribution in [2.75, 3.05) is 26.2 Å². The van der Waals surface area contributed by atoms with Gasteiger partial charge in [0.05, 0.1) is 5.56 Å². The standard InChI is InChI=1S/C21H27N3O/c1-16-14-19(17(2)24(16)18-6-4-3-5-7-18)20(25)23-12-9-21(10-13-23)8-11-22-15-21/h3-7,14,22H,8-13,15H2,1-2H3. The highest BCUT2D eigenvalue weighted by Gasteiger charge is 2.38. The molecule has 4 rings (SSSR count). The second-order valence-corrected chi connectivity index (χ2v) is 7.67. The van der Waals surface area contributed by atoms with E-state index < -0.39 is 0 Å². The van der Waals surface area contributed by atoms with E-state index in [1.54, 1.807) is 0 Å². The number of carbonyl (C=O) groups excluding carboxylic acids is 1. The fourth-order valence-electron chi connectivity index (χ4n) is 4.53. The average molecular weight is 337 g/mol. The minimum Gasteiger partial charge on any atom is -0.339 e. The van der Waals surface area contributed by atoms with E-state index in [0.717, 1.165) is 61.7 Å². The summed E-state index contributed by atoms with van der Waals surface area (Å²) in [5.74, 6) is 0.191. The Hall–Kier alpha value is -2.07. The van der Waals surface area contributed by atoms with Crippen molar-refractivity contribution in [3.8, 4) is 5.69 Å². The van der Waals surface area contributed by atoms with Gasteiger partial charge < -0.3 is 14.8 Å². The third-order valence-electron chi connectivity index (χ3n) is 6.12. The van der Waals surface area contributed by atoms with E-state index in [-0.39, 0.29) is 5.91 Å². The first-order valence-electron chi connectivity index (χ1n) is 9.34. The van der Waals surface area contributed by atoms with Gasteiger partial charge in [-0.05, 0) is 63.3 Å².